The molecule has 2 fully saturated rings. The lowest BCUT2D eigenvalue weighted by Gasteiger charge is -2.37. The van der Waals surface area contributed by atoms with E-state index < -0.39 is 5.82 Å². The summed E-state index contributed by atoms with van der Waals surface area (Å²) in [5.74, 6) is -0.138. The molecule has 24 heavy (non-hydrogen) atoms. The van der Waals surface area contributed by atoms with Gasteiger partial charge in [0.15, 0.2) is 5.43 Å². The molecule has 1 unspecified atom stereocenters. The van der Waals surface area contributed by atoms with E-state index in [2.05, 4.69) is 9.88 Å². The van der Waals surface area contributed by atoms with Crippen molar-refractivity contribution in [2.45, 2.75) is 31.5 Å². The second-order valence-electron chi connectivity index (χ2n) is 6.79. The fraction of sp³-hybridized carbons (Fsp3) is 0.500. The molecule has 2 aliphatic rings. The third-order valence-electron chi connectivity index (χ3n) is 5.25. The highest BCUT2D eigenvalue weighted by molar-refractivity contribution is 5.78. The number of aromatic nitrogens is 1. The number of ether oxygens (including phenoxy) is 1. The van der Waals surface area contributed by atoms with Gasteiger partial charge in [0.2, 0.25) is 0 Å². The molecule has 6 heteroatoms. The number of H-pyrrole nitrogens is 1. The van der Waals surface area contributed by atoms with Gasteiger partial charge < -0.3 is 14.8 Å². The summed E-state index contributed by atoms with van der Waals surface area (Å²) in [6.45, 7) is 2.16. The van der Waals surface area contributed by atoms with E-state index >= 15 is 0 Å². The maximum atomic E-state index is 14.0. The van der Waals surface area contributed by atoms with Gasteiger partial charge in [-0.25, -0.2) is 4.39 Å². The van der Waals surface area contributed by atoms with Crippen molar-refractivity contribution in [3.05, 3.63) is 46.0 Å². The highest BCUT2D eigenvalue weighted by Gasteiger charge is 2.40. The Bertz CT molecular complexity index is 806. The molecule has 1 aliphatic carbocycles. The van der Waals surface area contributed by atoms with Crippen molar-refractivity contribution in [3.8, 4) is 0 Å². The molecule has 2 aromatic rings. The van der Waals surface area contributed by atoms with E-state index in [1.165, 1.54) is 6.07 Å². The summed E-state index contributed by atoms with van der Waals surface area (Å²) in [7, 11) is 0. The van der Waals surface area contributed by atoms with E-state index in [1.54, 1.807) is 18.2 Å². The lowest BCUT2D eigenvalue weighted by molar-refractivity contribution is -0.0594. The number of fused-ring (bicyclic) bond motifs is 2. The molecule has 0 radical (unpaired) electrons. The van der Waals surface area contributed by atoms with E-state index in [1.807, 2.05) is 0 Å². The zero-order chi connectivity index (χ0) is 16.7. The van der Waals surface area contributed by atoms with Crippen LogP contribution in [0.3, 0.4) is 0 Å². The number of nitrogens with one attached hydrogen (secondary N) is 1. The van der Waals surface area contributed by atoms with E-state index in [4.69, 9.17) is 4.74 Å². The van der Waals surface area contributed by atoms with E-state index in [0.717, 1.165) is 19.4 Å². The second-order valence-corrected chi connectivity index (χ2v) is 6.79. The third-order valence-corrected chi connectivity index (χ3v) is 5.25. The number of hydrogen-bond donors (Lipinski definition) is 2. The monoisotopic (exact) mass is 332 g/mol. The van der Waals surface area contributed by atoms with Crippen LogP contribution in [-0.4, -0.2) is 46.9 Å². The number of aliphatic hydroxyl groups is 1. The number of aliphatic hydroxyl groups excluding tert-OH is 1. The van der Waals surface area contributed by atoms with Gasteiger partial charge in [-0.05, 0) is 30.9 Å². The summed E-state index contributed by atoms with van der Waals surface area (Å²) >= 11 is 0. The van der Waals surface area contributed by atoms with Crippen LogP contribution < -0.4 is 5.43 Å². The van der Waals surface area contributed by atoms with Crippen molar-refractivity contribution >= 4 is 10.9 Å². The number of para-hydroxylation sites is 1. The van der Waals surface area contributed by atoms with Gasteiger partial charge in [0.05, 0.1) is 18.2 Å². The molecule has 2 N–H and O–H groups in total. The van der Waals surface area contributed by atoms with Gasteiger partial charge in [-0.1, -0.05) is 6.07 Å². The molecule has 1 aromatic heterocycles. The molecule has 0 amide bonds. The van der Waals surface area contributed by atoms with Crippen LogP contribution in [0.4, 0.5) is 4.39 Å². The summed E-state index contributed by atoms with van der Waals surface area (Å²) in [4.78, 5) is 17.6. The zero-order valence-electron chi connectivity index (χ0n) is 13.4. The van der Waals surface area contributed by atoms with Crippen molar-refractivity contribution < 1.29 is 14.2 Å². The largest absolute Gasteiger partial charge is 0.396 e. The van der Waals surface area contributed by atoms with Gasteiger partial charge in [0, 0.05) is 42.9 Å². The van der Waals surface area contributed by atoms with Crippen LogP contribution in [0.2, 0.25) is 0 Å². The fourth-order valence-electron chi connectivity index (χ4n) is 4.06. The Morgan fingerprint density at radius 2 is 2.25 bits per heavy atom. The average molecular weight is 332 g/mol. The van der Waals surface area contributed by atoms with E-state index in [0.29, 0.717) is 24.2 Å². The molecule has 0 spiro atoms. The van der Waals surface area contributed by atoms with E-state index in [-0.39, 0.29) is 35.6 Å². The first kappa shape index (κ1) is 15.7. The maximum absolute atomic E-state index is 14.0. The number of halogens is 1. The summed E-state index contributed by atoms with van der Waals surface area (Å²) in [5, 5.41) is 9.79. The zero-order valence-corrected chi connectivity index (χ0v) is 13.4. The Kier molecular flexibility index (Phi) is 4.12. The second kappa shape index (κ2) is 6.27. The minimum Gasteiger partial charge on any atom is -0.396 e. The first-order valence-electron chi connectivity index (χ1n) is 8.42. The van der Waals surface area contributed by atoms with Crippen molar-refractivity contribution in [2.24, 2.45) is 5.92 Å². The molecule has 1 aromatic carbocycles. The van der Waals surface area contributed by atoms with Crippen LogP contribution in [0.5, 0.6) is 0 Å². The highest BCUT2D eigenvalue weighted by atomic mass is 19.1. The van der Waals surface area contributed by atoms with Crippen LogP contribution in [0.15, 0.2) is 29.1 Å². The Labute approximate surface area is 139 Å². The van der Waals surface area contributed by atoms with Gasteiger partial charge in [-0.15, -0.1) is 0 Å². The van der Waals surface area contributed by atoms with Crippen molar-refractivity contribution in [1.82, 2.24) is 9.88 Å². The van der Waals surface area contributed by atoms with Crippen LogP contribution in [0.1, 0.15) is 18.5 Å². The number of aromatic amines is 1. The van der Waals surface area contributed by atoms with Crippen molar-refractivity contribution in [1.29, 1.82) is 0 Å². The summed E-state index contributed by atoms with van der Waals surface area (Å²) < 4.78 is 19.8. The normalized spacial score (nSPS) is 27.5. The Morgan fingerprint density at radius 1 is 1.38 bits per heavy atom. The lowest BCUT2D eigenvalue weighted by Crippen LogP contribution is -2.48. The predicted octanol–water partition coefficient (Wildman–Crippen LogP) is 1.64. The minimum absolute atomic E-state index is 0.139. The van der Waals surface area contributed by atoms with Gasteiger partial charge >= 0.3 is 0 Å². The molecule has 1 saturated carbocycles. The smallest absolute Gasteiger partial charge is 0.189 e. The van der Waals surface area contributed by atoms with Crippen molar-refractivity contribution in [3.63, 3.8) is 0 Å². The number of rotatable bonds is 3. The molecular formula is C18H21FN2O3. The highest BCUT2D eigenvalue weighted by Crippen LogP contribution is 2.34. The van der Waals surface area contributed by atoms with Crippen LogP contribution in [0, 0.1) is 11.7 Å². The van der Waals surface area contributed by atoms with Gasteiger partial charge in [-0.3, -0.25) is 9.69 Å². The van der Waals surface area contributed by atoms with Crippen LogP contribution in [0.25, 0.3) is 10.9 Å². The Morgan fingerprint density at radius 3 is 3.08 bits per heavy atom. The first-order chi connectivity index (χ1) is 11.7. The summed E-state index contributed by atoms with van der Waals surface area (Å²) in [6.07, 6.45) is 1.91. The lowest BCUT2D eigenvalue weighted by atomic mass is 10.1. The third kappa shape index (κ3) is 2.75. The molecule has 128 valence electrons. The van der Waals surface area contributed by atoms with Crippen LogP contribution >= 0.6 is 0 Å². The Hall–Kier alpha value is -1.76. The number of hydrogen-bond acceptors (Lipinski definition) is 4. The number of pyridine rings is 1. The first-order valence-corrected chi connectivity index (χ1v) is 8.42. The molecule has 0 bridgehead atoms. The standard InChI is InChI=1S/C18H21FN2O3/c19-14-3-1-2-13-16(23)8-12(20-18(13)14)9-21-4-5-24-17-7-11(10-22)6-15(17)21/h1-3,8,11,15,17,22H,4-7,9-10H2,(H,20,23)/t11-,15+,17?/m1/s1. The number of nitrogens with zero attached hydrogens (tertiary/aromatic N) is 1. The fourth-order valence-corrected chi connectivity index (χ4v) is 4.06. The number of morpholine rings is 1. The van der Waals surface area contributed by atoms with Gasteiger partial charge in [0.25, 0.3) is 0 Å². The van der Waals surface area contributed by atoms with Gasteiger partial charge in [0.1, 0.15) is 5.82 Å². The molecule has 5 nitrogen and oxygen atoms in total. The molecular weight excluding hydrogens is 311 g/mol. The van der Waals surface area contributed by atoms with Gasteiger partial charge in [-0.2, -0.15) is 0 Å². The summed E-state index contributed by atoms with van der Waals surface area (Å²) in [5.41, 5.74) is 0.817. The quantitative estimate of drug-likeness (QED) is 0.897. The van der Waals surface area contributed by atoms with Crippen molar-refractivity contribution in [2.75, 3.05) is 19.8 Å². The SMILES string of the molecule is O=c1cc(CN2CCOC3C[C@H](CO)C[C@@H]32)[nH]c2c(F)cccc12. The minimum atomic E-state index is -0.410. The predicted molar refractivity (Wildman–Crippen MR) is 88.3 cm³/mol. The molecule has 1 aliphatic heterocycles. The average Bonchev–Trinajstić information content (AvgIpc) is 3.00. The molecule has 3 atom stereocenters. The molecule has 2 heterocycles. The number of benzene rings is 1. The molecule has 4 rings (SSSR count). The van der Waals surface area contributed by atoms with Crippen LogP contribution in [-0.2, 0) is 11.3 Å². The Balaban J connectivity index is 1.62. The summed E-state index contributed by atoms with van der Waals surface area (Å²) in [6, 6.07) is 6.34. The topological polar surface area (TPSA) is 65.6 Å². The maximum Gasteiger partial charge on any atom is 0.189 e. The molecule has 1 saturated heterocycles. The van der Waals surface area contributed by atoms with E-state index in [9.17, 15) is 14.3 Å².